The van der Waals surface area contributed by atoms with Crippen LogP contribution < -0.4 is 5.32 Å². The van der Waals surface area contributed by atoms with Crippen molar-refractivity contribution in [3.05, 3.63) is 55.6 Å². The van der Waals surface area contributed by atoms with E-state index >= 15 is 0 Å². The Morgan fingerprint density at radius 3 is 1.73 bits per heavy atom. The predicted molar refractivity (Wildman–Crippen MR) is 77.4 cm³/mol. The SMILES string of the molecule is O=[N+]([O-])c1cc([N+](=O)[O-])c(Nc2cc(C(F)(F)F)cc(C(F)(F)F)c2)s1. The lowest BCUT2D eigenvalue weighted by Gasteiger charge is -2.14. The van der Waals surface area contributed by atoms with Gasteiger partial charge in [-0.1, -0.05) is 0 Å². The zero-order valence-corrected chi connectivity index (χ0v) is 12.8. The molecule has 0 unspecified atom stereocenters. The number of thiophene rings is 1. The quantitative estimate of drug-likeness (QED) is 0.423. The summed E-state index contributed by atoms with van der Waals surface area (Å²) in [5.41, 5.74) is -4.88. The minimum Gasteiger partial charge on any atom is -0.341 e. The Kier molecular flexibility index (Phi) is 4.81. The number of hydrogen-bond donors (Lipinski definition) is 1. The highest BCUT2D eigenvalue weighted by molar-refractivity contribution is 7.19. The van der Waals surface area contributed by atoms with Gasteiger partial charge in [0.2, 0.25) is 0 Å². The topological polar surface area (TPSA) is 98.3 Å². The van der Waals surface area contributed by atoms with Crippen LogP contribution in [0.3, 0.4) is 0 Å². The summed E-state index contributed by atoms with van der Waals surface area (Å²) in [4.78, 5) is 19.5. The second-order valence-electron chi connectivity index (χ2n) is 4.73. The van der Waals surface area contributed by atoms with E-state index in [0.717, 1.165) is 0 Å². The predicted octanol–water partition coefficient (Wildman–Crippen LogP) is 5.35. The highest BCUT2D eigenvalue weighted by Crippen LogP contribution is 2.43. The number of hydrogen-bond acceptors (Lipinski definition) is 6. The molecule has 0 amide bonds. The molecule has 0 aliphatic heterocycles. The van der Waals surface area contributed by atoms with Crippen molar-refractivity contribution in [2.24, 2.45) is 0 Å². The average molecular weight is 401 g/mol. The third kappa shape index (κ3) is 4.19. The Hall–Kier alpha value is -2.90. The molecule has 2 aromatic rings. The fourth-order valence-corrected chi connectivity index (χ4v) is 2.70. The minimum absolute atomic E-state index is 0.115. The van der Waals surface area contributed by atoms with Crippen LogP contribution in [0.15, 0.2) is 24.3 Å². The Balaban J connectivity index is 2.56. The second kappa shape index (κ2) is 6.44. The molecule has 2 rings (SSSR count). The van der Waals surface area contributed by atoms with Gasteiger partial charge < -0.3 is 5.32 Å². The number of nitrogens with one attached hydrogen (secondary N) is 1. The monoisotopic (exact) mass is 401 g/mol. The van der Waals surface area contributed by atoms with Gasteiger partial charge in [0.15, 0.2) is 5.00 Å². The summed E-state index contributed by atoms with van der Waals surface area (Å²) in [6, 6.07) is 1.05. The molecular formula is C12H5F6N3O4S. The van der Waals surface area contributed by atoms with Gasteiger partial charge >= 0.3 is 23.0 Å². The van der Waals surface area contributed by atoms with Gasteiger partial charge in [-0.15, -0.1) is 0 Å². The first kappa shape index (κ1) is 19.4. The summed E-state index contributed by atoms with van der Waals surface area (Å²) in [6.45, 7) is 0. The first-order valence-corrected chi connectivity index (χ1v) is 7.10. The molecule has 1 N–H and O–H groups in total. The number of alkyl halides is 6. The maximum atomic E-state index is 12.8. The molecule has 140 valence electrons. The van der Waals surface area contributed by atoms with E-state index in [-0.39, 0.29) is 17.4 Å². The summed E-state index contributed by atoms with van der Waals surface area (Å²) >= 11 is 0.203. The summed E-state index contributed by atoms with van der Waals surface area (Å²) < 4.78 is 76.8. The molecule has 0 radical (unpaired) electrons. The highest BCUT2D eigenvalue weighted by atomic mass is 32.1. The molecule has 0 atom stereocenters. The van der Waals surface area contributed by atoms with E-state index in [4.69, 9.17) is 0 Å². The smallest absolute Gasteiger partial charge is 0.341 e. The van der Waals surface area contributed by atoms with Crippen molar-refractivity contribution in [1.82, 2.24) is 0 Å². The molecule has 26 heavy (non-hydrogen) atoms. The lowest BCUT2D eigenvalue weighted by Crippen LogP contribution is -2.11. The van der Waals surface area contributed by atoms with Crippen LogP contribution in [-0.4, -0.2) is 9.85 Å². The van der Waals surface area contributed by atoms with Gasteiger partial charge in [-0.3, -0.25) is 20.2 Å². The molecule has 7 nitrogen and oxygen atoms in total. The normalized spacial score (nSPS) is 12.1. The third-order valence-electron chi connectivity index (χ3n) is 2.92. The van der Waals surface area contributed by atoms with Crippen LogP contribution in [0.5, 0.6) is 0 Å². The standard InChI is InChI=1S/C12H5F6N3O4S/c13-11(14,15)5-1-6(12(16,17)18)3-7(2-5)19-10-8(20(22)23)4-9(26-10)21(24)25/h1-4,19H. The Morgan fingerprint density at radius 2 is 1.35 bits per heavy atom. The summed E-state index contributed by atoms with van der Waals surface area (Å²) in [5.74, 6) is 0. The first-order chi connectivity index (χ1) is 11.8. The van der Waals surface area contributed by atoms with Gasteiger partial charge in [-0.2, -0.15) is 26.3 Å². The van der Waals surface area contributed by atoms with Crippen molar-refractivity contribution in [1.29, 1.82) is 0 Å². The van der Waals surface area contributed by atoms with Crippen molar-refractivity contribution in [2.75, 3.05) is 5.32 Å². The van der Waals surface area contributed by atoms with Gasteiger partial charge in [0.1, 0.15) is 6.07 Å². The molecule has 0 bridgehead atoms. The van der Waals surface area contributed by atoms with E-state index in [0.29, 0.717) is 18.2 Å². The molecule has 0 spiro atoms. The summed E-state index contributed by atoms with van der Waals surface area (Å²) in [6.07, 6.45) is -10.2. The molecule has 1 heterocycles. The largest absolute Gasteiger partial charge is 0.416 e. The average Bonchev–Trinajstić information content (AvgIpc) is 2.89. The van der Waals surface area contributed by atoms with Crippen molar-refractivity contribution in [2.45, 2.75) is 12.4 Å². The zero-order valence-electron chi connectivity index (χ0n) is 12.0. The van der Waals surface area contributed by atoms with Gasteiger partial charge in [-0.05, 0) is 29.5 Å². The number of anilines is 2. The van der Waals surface area contributed by atoms with Crippen LogP contribution in [0, 0.1) is 20.2 Å². The van der Waals surface area contributed by atoms with Crippen molar-refractivity contribution < 1.29 is 36.2 Å². The molecular weight excluding hydrogens is 396 g/mol. The fourth-order valence-electron chi connectivity index (χ4n) is 1.84. The van der Waals surface area contributed by atoms with E-state index in [9.17, 15) is 46.6 Å². The Bertz CT molecular complexity index is 845. The van der Waals surface area contributed by atoms with Gasteiger partial charge in [0.25, 0.3) is 0 Å². The molecule has 1 aromatic heterocycles. The van der Waals surface area contributed by atoms with E-state index in [1.807, 2.05) is 5.32 Å². The number of benzene rings is 1. The second-order valence-corrected chi connectivity index (χ2v) is 5.76. The lowest BCUT2D eigenvalue weighted by molar-refractivity contribution is -0.389. The van der Waals surface area contributed by atoms with Crippen molar-refractivity contribution in [3.8, 4) is 0 Å². The molecule has 1 aromatic carbocycles. The molecule has 0 saturated carbocycles. The van der Waals surface area contributed by atoms with E-state index in [1.54, 1.807) is 0 Å². The summed E-state index contributed by atoms with van der Waals surface area (Å²) in [5, 5.41) is 22.3. The van der Waals surface area contributed by atoms with Crippen LogP contribution in [0.1, 0.15) is 11.1 Å². The van der Waals surface area contributed by atoms with E-state index in [2.05, 4.69) is 0 Å². The van der Waals surface area contributed by atoms with Crippen LogP contribution in [0.25, 0.3) is 0 Å². The molecule has 14 heteroatoms. The fraction of sp³-hybridized carbons (Fsp3) is 0.167. The number of nitro groups is 2. The highest BCUT2D eigenvalue weighted by Gasteiger charge is 2.37. The van der Waals surface area contributed by atoms with Crippen molar-refractivity contribution >= 4 is 32.7 Å². The zero-order chi connectivity index (χ0) is 19.9. The van der Waals surface area contributed by atoms with Gasteiger partial charge in [0, 0.05) is 5.69 Å². The number of rotatable bonds is 4. The molecule has 0 aliphatic rings. The van der Waals surface area contributed by atoms with Crippen LogP contribution in [0.2, 0.25) is 0 Å². The third-order valence-corrected chi connectivity index (χ3v) is 3.91. The van der Waals surface area contributed by atoms with Crippen LogP contribution in [0.4, 0.5) is 47.7 Å². The number of nitrogens with zero attached hydrogens (tertiary/aromatic N) is 2. The van der Waals surface area contributed by atoms with Gasteiger partial charge in [0.05, 0.1) is 21.0 Å². The van der Waals surface area contributed by atoms with Crippen LogP contribution >= 0.6 is 11.3 Å². The van der Waals surface area contributed by atoms with Gasteiger partial charge in [-0.25, -0.2) is 0 Å². The molecule has 0 fully saturated rings. The Morgan fingerprint density at radius 1 is 0.846 bits per heavy atom. The number of halogens is 6. The van der Waals surface area contributed by atoms with E-state index < -0.39 is 54.7 Å². The van der Waals surface area contributed by atoms with Crippen LogP contribution in [-0.2, 0) is 12.4 Å². The maximum Gasteiger partial charge on any atom is 0.416 e. The molecule has 0 saturated heterocycles. The summed E-state index contributed by atoms with van der Waals surface area (Å²) in [7, 11) is 0. The maximum absolute atomic E-state index is 12.8. The molecule has 0 aliphatic carbocycles. The lowest BCUT2D eigenvalue weighted by atomic mass is 10.1. The van der Waals surface area contributed by atoms with Crippen molar-refractivity contribution in [3.63, 3.8) is 0 Å². The first-order valence-electron chi connectivity index (χ1n) is 6.28. The van der Waals surface area contributed by atoms with E-state index in [1.165, 1.54) is 0 Å². The Labute approximate surface area is 143 Å². The minimum atomic E-state index is -5.11.